The molecule has 1 fully saturated rings. The van der Waals surface area contributed by atoms with Crippen LogP contribution < -0.4 is 0 Å². The number of hydrogen-bond acceptors (Lipinski definition) is 4. The lowest BCUT2D eigenvalue weighted by molar-refractivity contribution is -0.140. The normalized spacial score (nSPS) is 14.5. The van der Waals surface area contributed by atoms with Crippen LogP contribution in [0.2, 0.25) is 0 Å². The minimum absolute atomic E-state index is 0.401. The highest BCUT2D eigenvalue weighted by molar-refractivity contribution is 6.17. The standard InChI is InChI=1S/C32H35N3O2/c1-4-35-30-17-14-24(29(34-37-22(3)36)16-13-23-10-6-7-11-23)19-27(30)28-20-25(15-18-31(28)35)32(33)26-12-8-5-9-21(26)2/h5,8-9,12,14-15,17-20,23,33H,4,6-7,10-11,13,16H2,1-3H3. The number of aromatic nitrogens is 1. The van der Waals surface area contributed by atoms with Gasteiger partial charge in [0.2, 0.25) is 0 Å². The van der Waals surface area contributed by atoms with Gasteiger partial charge in [-0.05, 0) is 62.4 Å². The molecular formula is C32H35N3O2. The molecule has 0 bridgehead atoms. The molecule has 37 heavy (non-hydrogen) atoms. The number of carbonyl (C=O) groups excluding carboxylic acids is 1. The quantitative estimate of drug-likeness (QED) is 0.155. The molecular weight excluding hydrogens is 458 g/mol. The van der Waals surface area contributed by atoms with Crippen LogP contribution in [0.25, 0.3) is 21.8 Å². The van der Waals surface area contributed by atoms with E-state index >= 15 is 0 Å². The summed E-state index contributed by atoms with van der Waals surface area (Å²) in [5, 5.41) is 15.5. The van der Waals surface area contributed by atoms with Crippen LogP contribution in [0.4, 0.5) is 0 Å². The van der Waals surface area contributed by atoms with Crippen LogP contribution in [-0.4, -0.2) is 22.0 Å². The minimum atomic E-state index is -0.401. The summed E-state index contributed by atoms with van der Waals surface area (Å²) in [6, 6.07) is 20.8. The molecule has 5 heteroatoms. The fourth-order valence-corrected chi connectivity index (χ4v) is 5.79. The highest BCUT2D eigenvalue weighted by Crippen LogP contribution is 2.33. The van der Waals surface area contributed by atoms with E-state index in [9.17, 15) is 4.79 Å². The summed E-state index contributed by atoms with van der Waals surface area (Å²) >= 11 is 0. The molecule has 1 aromatic heterocycles. The van der Waals surface area contributed by atoms with Gasteiger partial charge in [0.25, 0.3) is 0 Å². The molecule has 0 amide bonds. The third kappa shape index (κ3) is 5.08. The van der Waals surface area contributed by atoms with Crippen LogP contribution in [0, 0.1) is 18.3 Å². The summed E-state index contributed by atoms with van der Waals surface area (Å²) in [5.74, 6) is 0.324. The highest BCUT2D eigenvalue weighted by atomic mass is 16.7. The van der Waals surface area contributed by atoms with Crippen molar-refractivity contribution in [2.45, 2.75) is 65.8 Å². The molecule has 1 saturated carbocycles. The number of carbonyl (C=O) groups is 1. The van der Waals surface area contributed by atoms with E-state index in [2.05, 4.69) is 53.0 Å². The molecule has 1 aliphatic rings. The molecule has 4 aromatic rings. The van der Waals surface area contributed by atoms with Crippen molar-refractivity contribution in [3.8, 4) is 0 Å². The Balaban J connectivity index is 1.58. The van der Waals surface area contributed by atoms with Gasteiger partial charge in [-0.2, -0.15) is 0 Å². The van der Waals surface area contributed by atoms with E-state index in [1.54, 1.807) is 0 Å². The zero-order chi connectivity index (χ0) is 25.9. The first kappa shape index (κ1) is 24.9. The minimum Gasteiger partial charge on any atom is -0.341 e. The van der Waals surface area contributed by atoms with Crippen molar-refractivity contribution in [3.63, 3.8) is 0 Å². The summed E-state index contributed by atoms with van der Waals surface area (Å²) in [5.41, 5.74) is 7.60. The van der Waals surface area contributed by atoms with E-state index in [-0.39, 0.29) is 0 Å². The van der Waals surface area contributed by atoms with Crippen LogP contribution in [0.1, 0.15) is 74.6 Å². The van der Waals surface area contributed by atoms with Gasteiger partial charge < -0.3 is 9.40 Å². The zero-order valence-electron chi connectivity index (χ0n) is 22.0. The highest BCUT2D eigenvalue weighted by Gasteiger charge is 2.19. The second-order valence-electron chi connectivity index (χ2n) is 10.2. The van der Waals surface area contributed by atoms with E-state index < -0.39 is 5.97 Å². The molecule has 0 unspecified atom stereocenters. The predicted octanol–water partition coefficient (Wildman–Crippen LogP) is 7.78. The third-order valence-electron chi connectivity index (χ3n) is 7.77. The predicted molar refractivity (Wildman–Crippen MR) is 152 cm³/mol. The van der Waals surface area contributed by atoms with Crippen molar-refractivity contribution in [2.24, 2.45) is 11.1 Å². The van der Waals surface area contributed by atoms with Crippen LogP contribution in [0.15, 0.2) is 65.8 Å². The van der Waals surface area contributed by atoms with Gasteiger partial charge in [-0.25, -0.2) is 4.79 Å². The summed E-state index contributed by atoms with van der Waals surface area (Å²) < 4.78 is 2.32. The molecule has 0 saturated heterocycles. The van der Waals surface area contributed by atoms with Gasteiger partial charge in [0.1, 0.15) is 0 Å². The maximum Gasteiger partial charge on any atom is 0.331 e. The number of aryl methyl sites for hydroxylation is 2. The van der Waals surface area contributed by atoms with E-state index in [0.29, 0.717) is 5.71 Å². The average molecular weight is 494 g/mol. The van der Waals surface area contributed by atoms with Gasteiger partial charge in [0.15, 0.2) is 0 Å². The van der Waals surface area contributed by atoms with Gasteiger partial charge in [-0.15, -0.1) is 0 Å². The molecule has 0 spiro atoms. The lowest BCUT2D eigenvalue weighted by Crippen LogP contribution is -2.07. The zero-order valence-corrected chi connectivity index (χ0v) is 22.0. The number of nitrogens with zero attached hydrogens (tertiary/aromatic N) is 2. The second kappa shape index (κ2) is 10.7. The van der Waals surface area contributed by atoms with Crippen molar-refractivity contribution < 1.29 is 9.63 Å². The number of nitrogens with one attached hydrogen (secondary N) is 1. The van der Waals surface area contributed by atoms with E-state index in [1.165, 1.54) is 32.6 Å². The van der Waals surface area contributed by atoms with Gasteiger partial charge in [-0.1, -0.05) is 67.2 Å². The van der Waals surface area contributed by atoms with Crippen molar-refractivity contribution >= 4 is 39.2 Å². The largest absolute Gasteiger partial charge is 0.341 e. The van der Waals surface area contributed by atoms with Gasteiger partial charge in [-0.3, -0.25) is 5.41 Å². The Morgan fingerprint density at radius 1 is 1.00 bits per heavy atom. The third-order valence-corrected chi connectivity index (χ3v) is 7.77. The van der Waals surface area contributed by atoms with E-state index in [0.717, 1.165) is 75.1 Å². The first-order valence-electron chi connectivity index (χ1n) is 13.4. The first-order chi connectivity index (χ1) is 18.0. The molecule has 1 heterocycles. The molecule has 0 aliphatic heterocycles. The Bertz CT molecular complexity index is 1510. The second-order valence-corrected chi connectivity index (χ2v) is 10.2. The molecule has 5 rings (SSSR count). The Morgan fingerprint density at radius 2 is 1.65 bits per heavy atom. The Labute approximate surface area is 218 Å². The maximum absolute atomic E-state index is 11.6. The number of fused-ring (bicyclic) bond motifs is 3. The van der Waals surface area contributed by atoms with Crippen LogP contribution in [-0.2, 0) is 16.2 Å². The van der Waals surface area contributed by atoms with E-state index in [4.69, 9.17) is 10.2 Å². The molecule has 0 radical (unpaired) electrons. The summed E-state index contributed by atoms with van der Waals surface area (Å²) in [6.07, 6.45) is 7.03. The molecule has 190 valence electrons. The van der Waals surface area contributed by atoms with Crippen LogP contribution in [0.5, 0.6) is 0 Å². The Hall–Kier alpha value is -3.73. The smallest absolute Gasteiger partial charge is 0.331 e. The van der Waals surface area contributed by atoms with Gasteiger partial charge in [0, 0.05) is 52.0 Å². The topological polar surface area (TPSA) is 67.4 Å². The van der Waals surface area contributed by atoms with Crippen molar-refractivity contribution in [3.05, 3.63) is 82.9 Å². The maximum atomic E-state index is 11.6. The molecule has 1 aliphatic carbocycles. The number of hydrogen-bond donors (Lipinski definition) is 1. The average Bonchev–Trinajstić information content (AvgIpc) is 3.53. The lowest BCUT2D eigenvalue weighted by Gasteiger charge is -2.11. The Kier molecular flexibility index (Phi) is 7.22. The SMILES string of the molecule is CCn1c2ccc(C(=N)c3ccccc3C)cc2c2cc(C(CCC3CCCC3)=NOC(C)=O)ccc21. The fraction of sp³-hybridized carbons (Fsp3) is 0.344. The van der Waals surface area contributed by atoms with Crippen molar-refractivity contribution in [1.29, 1.82) is 5.41 Å². The molecule has 3 aromatic carbocycles. The number of oxime groups is 1. The summed E-state index contributed by atoms with van der Waals surface area (Å²) in [4.78, 5) is 16.7. The summed E-state index contributed by atoms with van der Waals surface area (Å²) in [7, 11) is 0. The molecule has 5 nitrogen and oxygen atoms in total. The number of rotatable bonds is 8. The van der Waals surface area contributed by atoms with Crippen LogP contribution >= 0.6 is 0 Å². The number of benzene rings is 3. The first-order valence-corrected chi connectivity index (χ1v) is 13.4. The molecule has 0 atom stereocenters. The van der Waals surface area contributed by atoms with Crippen LogP contribution in [0.3, 0.4) is 0 Å². The fourth-order valence-electron chi connectivity index (χ4n) is 5.79. The monoisotopic (exact) mass is 493 g/mol. The van der Waals surface area contributed by atoms with Gasteiger partial charge >= 0.3 is 5.97 Å². The van der Waals surface area contributed by atoms with Gasteiger partial charge in [0.05, 0.1) is 11.4 Å². The van der Waals surface area contributed by atoms with Crippen molar-refractivity contribution in [2.75, 3.05) is 0 Å². The van der Waals surface area contributed by atoms with Crippen molar-refractivity contribution in [1.82, 2.24) is 4.57 Å². The van der Waals surface area contributed by atoms with E-state index in [1.807, 2.05) is 31.2 Å². The Morgan fingerprint density at radius 3 is 2.30 bits per heavy atom. The lowest BCUT2D eigenvalue weighted by atomic mass is 9.95. The molecule has 1 N–H and O–H groups in total. The summed E-state index contributed by atoms with van der Waals surface area (Å²) in [6.45, 7) is 6.45.